The van der Waals surface area contributed by atoms with E-state index in [0.717, 1.165) is 32.4 Å². The van der Waals surface area contributed by atoms with Gasteiger partial charge < -0.3 is 15.4 Å². The molecule has 82 valence electrons. The third-order valence-electron chi connectivity index (χ3n) is 2.26. The summed E-state index contributed by atoms with van der Waals surface area (Å²) in [7, 11) is 0. The van der Waals surface area contributed by atoms with Crippen molar-refractivity contribution in [2.45, 2.75) is 32.3 Å². The molecule has 1 saturated heterocycles. The highest BCUT2D eigenvalue weighted by Gasteiger charge is 2.15. The van der Waals surface area contributed by atoms with Crippen molar-refractivity contribution in [3.05, 3.63) is 0 Å². The van der Waals surface area contributed by atoms with Crippen LogP contribution in [0.15, 0.2) is 0 Å². The second-order valence-electron chi connectivity index (χ2n) is 3.62. The lowest BCUT2D eigenvalue weighted by Gasteiger charge is -2.10. The topological polar surface area (TPSA) is 50.4 Å². The van der Waals surface area contributed by atoms with E-state index in [1.54, 1.807) is 0 Å². The molecule has 0 spiro atoms. The molecule has 2 N–H and O–H groups in total. The number of hydrogen-bond acceptors (Lipinski definition) is 3. The van der Waals surface area contributed by atoms with Crippen molar-refractivity contribution in [1.82, 2.24) is 10.6 Å². The zero-order valence-corrected chi connectivity index (χ0v) is 8.84. The first-order chi connectivity index (χ1) is 6.83. The Balaban J connectivity index is 1.96. The quantitative estimate of drug-likeness (QED) is 0.606. The Bertz CT molecular complexity index is 168. The van der Waals surface area contributed by atoms with Crippen LogP contribution >= 0.6 is 0 Å². The minimum atomic E-state index is 0.0638. The third kappa shape index (κ3) is 4.58. The molecular formula is C10H20N2O2. The Hall–Kier alpha value is -0.610. The van der Waals surface area contributed by atoms with Crippen LogP contribution in [0.3, 0.4) is 0 Å². The maximum atomic E-state index is 11.2. The number of ether oxygens (including phenoxy) is 1. The fraction of sp³-hybridized carbons (Fsp3) is 0.900. The minimum Gasteiger partial charge on any atom is -0.376 e. The number of amides is 1. The van der Waals surface area contributed by atoms with E-state index in [1.807, 2.05) is 0 Å². The number of nitrogens with one attached hydrogen (secondary N) is 2. The Morgan fingerprint density at radius 1 is 1.57 bits per heavy atom. The predicted molar refractivity (Wildman–Crippen MR) is 55.1 cm³/mol. The van der Waals surface area contributed by atoms with E-state index < -0.39 is 0 Å². The summed E-state index contributed by atoms with van der Waals surface area (Å²) in [5.41, 5.74) is 0. The molecule has 0 aromatic heterocycles. The second kappa shape index (κ2) is 6.79. The molecular weight excluding hydrogens is 180 g/mol. The van der Waals surface area contributed by atoms with Gasteiger partial charge in [-0.1, -0.05) is 6.92 Å². The van der Waals surface area contributed by atoms with Crippen molar-refractivity contribution in [3.63, 3.8) is 0 Å². The number of hydrogen-bond donors (Lipinski definition) is 2. The average Bonchev–Trinajstić information content (AvgIpc) is 2.68. The Kier molecular flexibility index (Phi) is 5.56. The van der Waals surface area contributed by atoms with E-state index >= 15 is 0 Å². The largest absolute Gasteiger partial charge is 0.376 e. The average molecular weight is 200 g/mol. The summed E-state index contributed by atoms with van der Waals surface area (Å²) in [4.78, 5) is 11.2. The van der Waals surface area contributed by atoms with Gasteiger partial charge in [-0.25, -0.2) is 0 Å². The predicted octanol–water partition coefficient (Wildman–Crippen LogP) is 0.281. The Morgan fingerprint density at radius 3 is 3.07 bits per heavy atom. The lowest BCUT2D eigenvalue weighted by atomic mass is 10.2. The van der Waals surface area contributed by atoms with Gasteiger partial charge in [-0.2, -0.15) is 0 Å². The summed E-state index contributed by atoms with van der Waals surface area (Å²) in [6, 6.07) is 0. The maximum Gasteiger partial charge on any atom is 0.234 e. The van der Waals surface area contributed by atoms with E-state index in [9.17, 15) is 4.79 Å². The molecule has 0 aliphatic carbocycles. The van der Waals surface area contributed by atoms with Crippen molar-refractivity contribution in [2.24, 2.45) is 0 Å². The summed E-state index contributed by atoms with van der Waals surface area (Å²) >= 11 is 0. The van der Waals surface area contributed by atoms with Gasteiger partial charge >= 0.3 is 0 Å². The van der Waals surface area contributed by atoms with Crippen LogP contribution in [-0.2, 0) is 9.53 Å². The Morgan fingerprint density at radius 2 is 2.43 bits per heavy atom. The molecule has 1 aliphatic heterocycles. The fourth-order valence-corrected chi connectivity index (χ4v) is 1.47. The van der Waals surface area contributed by atoms with E-state index in [-0.39, 0.29) is 12.0 Å². The molecule has 4 heteroatoms. The highest BCUT2D eigenvalue weighted by Crippen LogP contribution is 2.10. The van der Waals surface area contributed by atoms with Crippen LogP contribution in [-0.4, -0.2) is 38.3 Å². The summed E-state index contributed by atoms with van der Waals surface area (Å²) in [5.74, 6) is 0.0638. The SMILES string of the molecule is CCCNCC(=O)NCC1CCCO1. The molecule has 1 heterocycles. The molecule has 0 aromatic rings. The summed E-state index contributed by atoms with van der Waals surface area (Å²) < 4.78 is 5.39. The smallest absolute Gasteiger partial charge is 0.234 e. The van der Waals surface area contributed by atoms with Gasteiger partial charge in [0.15, 0.2) is 0 Å². The van der Waals surface area contributed by atoms with Gasteiger partial charge in [0, 0.05) is 13.2 Å². The van der Waals surface area contributed by atoms with Crippen molar-refractivity contribution in [3.8, 4) is 0 Å². The van der Waals surface area contributed by atoms with Crippen molar-refractivity contribution >= 4 is 5.91 Å². The van der Waals surface area contributed by atoms with Gasteiger partial charge in [0.25, 0.3) is 0 Å². The second-order valence-corrected chi connectivity index (χ2v) is 3.62. The van der Waals surface area contributed by atoms with E-state index in [2.05, 4.69) is 17.6 Å². The van der Waals surface area contributed by atoms with Crippen molar-refractivity contribution in [2.75, 3.05) is 26.2 Å². The minimum absolute atomic E-state index is 0.0638. The molecule has 0 bridgehead atoms. The molecule has 1 aliphatic rings. The monoisotopic (exact) mass is 200 g/mol. The lowest BCUT2D eigenvalue weighted by molar-refractivity contribution is -0.120. The molecule has 0 aromatic carbocycles. The van der Waals surface area contributed by atoms with Gasteiger partial charge in [-0.3, -0.25) is 4.79 Å². The van der Waals surface area contributed by atoms with Gasteiger partial charge in [-0.05, 0) is 25.8 Å². The molecule has 4 nitrogen and oxygen atoms in total. The zero-order chi connectivity index (χ0) is 10.2. The number of rotatable bonds is 6. The first-order valence-electron chi connectivity index (χ1n) is 5.42. The lowest BCUT2D eigenvalue weighted by Crippen LogP contribution is -2.38. The zero-order valence-electron chi connectivity index (χ0n) is 8.84. The Labute approximate surface area is 85.4 Å². The van der Waals surface area contributed by atoms with Crippen molar-refractivity contribution in [1.29, 1.82) is 0 Å². The van der Waals surface area contributed by atoms with E-state index in [0.29, 0.717) is 13.1 Å². The summed E-state index contributed by atoms with van der Waals surface area (Å²) in [5, 5.41) is 5.91. The van der Waals surface area contributed by atoms with Crippen LogP contribution in [0.4, 0.5) is 0 Å². The first-order valence-corrected chi connectivity index (χ1v) is 5.42. The fourth-order valence-electron chi connectivity index (χ4n) is 1.47. The standard InChI is InChI=1S/C10H20N2O2/c1-2-5-11-8-10(13)12-7-9-4-3-6-14-9/h9,11H,2-8H2,1H3,(H,12,13). The number of carbonyl (C=O) groups excluding carboxylic acids is 1. The normalized spacial score (nSPS) is 21.1. The highest BCUT2D eigenvalue weighted by molar-refractivity contribution is 5.77. The van der Waals surface area contributed by atoms with Crippen LogP contribution in [0.1, 0.15) is 26.2 Å². The summed E-state index contributed by atoms with van der Waals surface area (Å²) in [6.07, 6.45) is 3.49. The van der Waals surface area contributed by atoms with Crippen LogP contribution in [0.25, 0.3) is 0 Å². The molecule has 0 radical (unpaired) electrons. The van der Waals surface area contributed by atoms with Gasteiger partial charge in [0.2, 0.25) is 5.91 Å². The van der Waals surface area contributed by atoms with Gasteiger partial charge in [0.05, 0.1) is 12.6 Å². The molecule has 1 unspecified atom stereocenters. The van der Waals surface area contributed by atoms with Crippen LogP contribution in [0.5, 0.6) is 0 Å². The van der Waals surface area contributed by atoms with Gasteiger partial charge in [0.1, 0.15) is 0 Å². The van der Waals surface area contributed by atoms with Crippen LogP contribution < -0.4 is 10.6 Å². The maximum absolute atomic E-state index is 11.2. The molecule has 1 atom stereocenters. The highest BCUT2D eigenvalue weighted by atomic mass is 16.5. The molecule has 14 heavy (non-hydrogen) atoms. The first kappa shape index (κ1) is 11.5. The molecule has 1 fully saturated rings. The van der Waals surface area contributed by atoms with E-state index in [4.69, 9.17) is 4.74 Å². The molecule has 0 saturated carbocycles. The molecule has 1 amide bonds. The van der Waals surface area contributed by atoms with Crippen LogP contribution in [0, 0.1) is 0 Å². The third-order valence-corrected chi connectivity index (χ3v) is 2.26. The number of carbonyl (C=O) groups is 1. The van der Waals surface area contributed by atoms with Gasteiger partial charge in [-0.15, -0.1) is 0 Å². The summed E-state index contributed by atoms with van der Waals surface area (Å²) in [6.45, 7) is 4.90. The van der Waals surface area contributed by atoms with Crippen LogP contribution in [0.2, 0.25) is 0 Å². The van der Waals surface area contributed by atoms with E-state index in [1.165, 1.54) is 0 Å². The molecule has 1 rings (SSSR count). The van der Waals surface area contributed by atoms with Crippen molar-refractivity contribution < 1.29 is 9.53 Å².